The molecule has 0 spiro atoms. The normalized spacial score (nSPS) is 10.6. The summed E-state index contributed by atoms with van der Waals surface area (Å²) in [5, 5.41) is 13.3. The van der Waals surface area contributed by atoms with Crippen molar-refractivity contribution in [3.8, 4) is 5.75 Å². The molecule has 0 unspecified atom stereocenters. The minimum atomic E-state index is -0.155. The molecule has 1 aromatic heterocycles. The van der Waals surface area contributed by atoms with E-state index in [1.54, 1.807) is 18.2 Å². The third kappa shape index (κ3) is 3.22. The largest absolute Gasteiger partial charge is 0.492 e. The van der Waals surface area contributed by atoms with Gasteiger partial charge in [-0.1, -0.05) is 17.7 Å². The zero-order chi connectivity index (χ0) is 15.4. The lowest BCUT2D eigenvalue weighted by Gasteiger charge is -2.08. The Balaban J connectivity index is 1.50. The second kappa shape index (κ2) is 6.26. The first-order chi connectivity index (χ1) is 10.7. The molecule has 0 aliphatic rings. The highest BCUT2D eigenvalue weighted by Gasteiger charge is 2.07. The highest BCUT2D eigenvalue weighted by molar-refractivity contribution is 5.97. The molecule has 1 amide bonds. The number of amides is 1. The van der Waals surface area contributed by atoms with Crippen LogP contribution in [0.3, 0.4) is 0 Å². The van der Waals surface area contributed by atoms with Crippen molar-refractivity contribution in [2.75, 3.05) is 13.2 Å². The Morgan fingerprint density at radius 3 is 2.73 bits per heavy atom. The van der Waals surface area contributed by atoms with E-state index in [1.165, 1.54) is 5.56 Å². The minimum Gasteiger partial charge on any atom is -0.492 e. The molecule has 2 aromatic carbocycles. The first-order valence-corrected chi connectivity index (χ1v) is 7.00. The van der Waals surface area contributed by atoms with Gasteiger partial charge in [0.25, 0.3) is 5.91 Å². The molecule has 0 atom stereocenters. The van der Waals surface area contributed by atoms with E-state index in [2.05, 4.69) is 20.7 Å². The van der Waals surface area contributed by atoms with E-state index in [9.17, 15) is 4.79 Å². The Bertz CT molecular complexity index is 780. The third-order valence-electron chi connectivity index (χ3n) is 3.26. The average Bonchev–Trinajstić information content (AvgIpc) is 3.00. The second-order valence-electron chi connectivity index (χ2n) is 4.94. The van der Waals surface area contributed by atoms with E-state index >= 15 is 0 Å². The van der Waals surface area contributed by atoms with Gasteiger partial charge >= 0.3 is 0 Å². The van der Waals surface area contributed by atoms with Crippen LogP contribution >= 0.6 is 0 Å². The number of benzene rings is 2. The number of hydrogen-bond acceptors (Lipinski definition) is 4. The van der Waals surface area contributed by atoms with Gasteiger partial charge in [-0.2, -0.15) is 15.4 Å². The van der Waals surface area contributed by atoms with Crippen LogP contribution < -0.4 is 10.1 Å². The number of nitrogens with zero attached hydrogens (tertiary/aromatic N) is 2. The smallest absolute Gasteiger partial charge is 0.251 e. The average molecular weight is 296 g/mol. The molecular weight excluding hydrogens is 280 g/mol. The van der Waals surface area contributed by atoms with Gasteiger partial charge in [-0.05, 0) is 37.3 Å². The number of fused-ring (bicyclic) bond motifs is 1. The monoisotopic (exact) mass is 296 g/mol. The lowest BCUT2D eigenvalue weighted by Crippen LogP contribution is -2.28. The molecule has 0 bridgehead atoms. The van der Waals surface area contributed by atoms with Gasteiger partial charge in [0, 0.05) is 5.56 Å². The Morgan fingerprint density at radius 2 is 1.91 bits per heavy atom. The van der Waals surface area contributed by atoms with E-state index in [0.717, 1.165) is 11.3 Å². The summed E-state index contributed by atoms with van der Waals surface area (Å²) in [6, 6.07) is 13.0. The van der Waals surface area contributed by atoms with Gasteiger partial charge in [0.15, 0.2) is 0 Å². The summed E-state index contributed by atoms with van der Waals surface area (Å²) < 4.78 is 5.56. The summed E-state index contributed by atoms with van der Waals surface area (Å²) in [7, 11) is 0. The van der Waals surface area contributed by atoms with Gasteiger partial charge in [0.1, 0.15) is 23.4 Å². The Hall–Kier alpha value is -2.89. The molecular formula is C16H16N4O2. The molecule has 3 rings (SSSR count). The highest BCUT2D eigenvalue weighted by Crippen LogP contribution is 2.11. The maximum Gasteiger partial charge on any atom is 0.251 e. The lowest BCUT2D eigenvalue weighted by atomic mass is 10.2. The number of carbonyl (C=O) groups excluding carboxylic acids is 1. The fourth-order valence-electron chi connectivity index (χ4n) is 2.05. The maximum absolute atomic E-state index is 12.0. The minimum absolute atomic E-state index is 0.155. The van der Waals surface area contributed by atoms with Crippen LogP contribution in [0.15, 0.2) is 42.5 Å². The van der Waals surface area contributed by atoms with Crippen LogP contribution in [0.2, 0.25) is 0 Å². The van der Waals surface area contributed by atoms with Crippen molar-refractivity contribution < 1.29 is 9.53 Å². The number of aryl methyl sites for hydroxylation is 1. The van der Waals surface area contributed by atoms with Gasteiger partial charge < -0.3 is 10.1 Å². The van der Waals surface area contributed by atoms with Crippen LogP contribution in [0.25, 0.3) is 11.0 Å². The SMILES string of the molecule is Cc1ccc(OCCNC(=O)c2ccc3n[nH]nc3c2)cc1. The molecule has 0 aliphatic carbocycles. The first-order valence-electron chi connectivity index (χ1n) is 7.00. The number of rotatable bonds is 5. The zero-order valence-electron chi connectivity index (χ0n) is 12.2. The van der Waals surface area contributed by atoms with Gasteiger partial charge in [-0.15, -0.1) is 0 Å². The molecule has 3 aromatic rings. The summed E-state index contributed by atoms with van der Waals surface area (Å²) in [5.74, 6) is 0.640. The Morgan fingerprint density at radius 1 is 1.14 bits per heavy atom. The van der Waals surface area contributed by atoms with Crippen LogP contribution in [0.4, 0.5) is 0 Å². The molecule has 1 heterocycles. The number of aromatic nitrogens is 3. The molecule has 0 saturated heterocycles. The molecule has 0 fully saturated rings. The van der Waals surface area contributed by atoms with Gasteiger partial charge in [-0.3, -0.25) is 4.79 Å². The quantitative estimate of drug-likeness (QED) is 0.706. The number of carbonyl (C=O) groups is 1. The fraction of sp³-hybridized carbons (Fsp3) is 0.188. The third-order valence-corrected chi connectivity index (χ3v) is 3.26. The molecule has 22 heavy (non-hydrogen) atoms. The molecule has 0 saturated carbocycles. The molecule has 2 N–H and O–H groups in total. The summed E-state index contributed by atoms with van der Waals surface area (Å²) in [6.07, 6.45) is 0. The van der Waals surface area contributed by atoms with Crippen molar-refractivity contribution in [2.45, 2.75) is 6.92 Å². The Labute approximate surface area is 127 Å². The topological polar surface area (TPSA) is 79.9 Å². The predicted molar refractivity (Wildman–Crippen MR) is 82.9 cm³/mol. The van der Waals surface area contributed by atoms with Gasteiger partial charge in [0.05, 0.1) is 6.54 Å². The molecule has 0 aliphatic heterocycles. The fourth-order valence-corrected chi connectivity index (χ4v) is 2.05. The van der Waals surface area contributed by atoms with Crippen molar-refractivity contribution in [1.29, 1.82) is 0 Å². The van der Waals surface area contributed by atoms with Crippen LogP contribution in [0.1, 0.15) is 15.9 Å². The van der Waals surface area contributed by atoms with E-state index in [4.69, 9.17) is 4.74 Å². The first kappa shape index (κ1) is 14.1. The number of hydrogen-bond donors (Lipinski definition) is 2. The van der Waals surface area contributed by atoms with E-state index in [-0.39, 0.29) is 5.91 Å². The van der Waals surface area contributed by atoms with E-state index in [1.807, 2.05) is 31.2 Å². The molecule has 6 nitrogen and oxygen atoms in total. The van der Waals surface area contributed by atoms with Crippen molar-refractivity contribution >= 4 is 16.9 Å². The van der Waals surface area contributed by atoms with Gasteiger partial charge in [0.2, 0.25) is 0 Å². The van der Waals surface area contributed by atoms with Crippen LogP contribution in [-0.2, 0) is 0 Å². The van der Waals surface area contributed by atoms with Crippen LogP contribution in [-0.4, -0.2) is 34.5 Å². The number of H-pyrrole nitrogens is 1. The molecule has 112 valence electrons. The predicted octanol–water partition coefficient (Wildman–Crippen LogP) is 2.08. The number of aromatic amines is 1. The Kier molecular flexibility index (Phi) is 4.00. The van der Waals surface area contributed by atoms with Crippen LogP contribution in [0.5, 0.6) is 5.75 Å². The van der Waals surface area contributed by atoms with E-state index < -0.39 is 0 Å². The maximum atomic E-state index is 12.0. The van der Waals surface area contributed by atoms with Crippen molar-refractivity contribution in [2.24, 2.45) is 0 Å². The van der Waals surface area contributed by atoms with Crippen molar-refractivity contribution in [3.63, 3.8) is 0 Å². The standard InChI is InChI=1S/C16H16N4O2/c1-11-2-5-13(6-3-11)22-9-8-17-16(21)12-4-7-14-15(10-12)19-20-18-14/h2-7,10H,8-9H2,1H3,(H,17,21)(H,18,19,20). The van der Waals surface area contributed by atoms with Crippen LogP contribution in [0, 0.1) is 6.92 Å². The van der Waals surface area contributed by atoms with Crippen molar-refractivity contribution in [1.82, 2.24) is 20.7 Å². The number of ether oxygens (including phenoxy) is 1. The molecule has 6 heteroatoms. The highest BCUT2D eigenvalue weighted by atomic mass is 16.5. The zero-order valence-corrected chi connectivity index (χ0v) is 12.2. The number of nitrogens with one attached hydrogen (secondary N) is 2. The van der Waals surface area contributed by atoms with Gasteiger partial charge in [-0.25, -0.2) is 0 Å². The summed E-state index contributed by atoms with van der Waals surface area (Å²) in [5.41, 5.74) is 3.14. The lowest BCUT2D eigenvalue weighted by molar-refractivity contribution is 0.0947. The van der Waals surface area contributed by atoms with Crippen molar-refractivity contribution in [3.05, 3.63) is 53.6 Å². The summed E-state index contributed by atoms with van der Waals surface area (Å²) in [4.78, 5) is 12.0. The summed E-state index contributed by atoms with van der Waals surface area (Å²) >= 11 is 0. The molecule has 0 radical (unpaired) electrons. The second-order valence-corrected chi connectivity index (χ2v) is 4.94. The summed E-state index contributed by atoms with van der Waals surface area (Å²) in [6.45, 7) is 2.88. The van der Waals surface area contributed by atoms with E-state index in [0.29, 0.717) is 24.2 Å².